The second-order valence-electron chi connectivity index (χ2n) is 1.92. The third kappa shape index (κ3) is 0.827. The minimum absolute atomic E-state index is 1.09. The summed E-state index contributed by atoms with van der Waals surface area (Å²) in [4.78, 5) is 0. The molecule has 0 N–H and O–H groups in total. The molecule has 0 nitrogen and oxygen atoms in total. The third-order valence-electron chi connectivity index (χ3n) is 1.32. The van der Waals surface area contributed by atoms with Crippen molar-refractivity contribution in [1.29, 1.82) is 0 Å². The maximum atomic E-state index is 2.94. The molecule has 0 aromatic rings. The van der Waals surface area contributed by atoms with Gasteiger partial charge in [-0.25, -0.2) is 0 Å². The number of fused-ring (bicyclic) bond motifs is 1. The van der Waals surface area contributed by atoms with Crippen LogP contribution in [0.4, 0.5) is 0 Å². The van der Waals surface area contributed by atoms with E-state index in [2.05, 4.69) is 19.3 Å². The first-order valence-corrected chi connectivity index (χ1v) is 2.83. The van der Waals surface area contributed by atoms with E-state index in [-0.39, 0.29) is 0 Å². The Labute approximate surface area is 56.3 Å². The molecule has 8 radical (unpaired) electrons. The van der Waals surface area contributed by atoms with Gasteiger partial charge in [-0.2, -0.15) is 0 Å². The van der Waals surface area contributed by atoms with Crippen LogP contribution in [0.25, 0.3) is 0 Å². The average Bonchev–Trinajstić information content (AvgIpc) is 2.33. The van der Waals surface area contributed by atoms with E-state index in [4.69, 9.17) is 0 Å². The highest BCUT2D eigenvalue weighted by Crippen LogP contribution is 2.36. The molecule has 0 unspecified atom stereocenters. The summed E-state index contributed by atoms with van der Waals surface area (Å²) in [5.74, 6) is 2.19. The average molecular weight is 112 g/mol. The molecule has 0 heteroatoms. The minimum Gasteiger partial charge on any atom is -0.0758 e. The fourth-order valence-corrected chi connectivity index (χ4v) is 0.867. The largest absolute Gasteiger partial charge is 0.0758 e. The van der Waals surface area contributed by atoms with Crippen LogP contribution in [0.5, 0.6) is 0 Å². The van der Waals surface area contributed by atoms with E-state index >= 15 is 0 Å². The van der Waals surface area contributed by atoms with Crippen LogP contribution >= 0.6 is 0 Å². The first-order chi connectivity index (χ1) is 4.47. The van der Waals surface area contributed by atoms with Crippen molar-refractivity contribution >= 4 is 0 Å². The lowest BCUT2D eigenvalue weighted by Gasteiger charge is -2.10. The number of allylic oxidation sites excluding steroid dienone is 4. The van der Waals surface area contributed by atoms with Crippen LogP contribution < -0.4 is 0 Å². The lowest BCUT2D eigenvalue weighted by Crippen LogP contribution is -1.99. The first-order valence-electron chi connectivity index (χ1n) is 2.83. The Kier molecular flexibility index (Phi) is 1.18. The Bertz CT molecular complexity index is 135. The van der Waals surface area contributed by atoms with Gasteiger partial charge < -0.3 is 0 Å². The predicted molar refractivity (Wildman–Crippen MR) is 34.5 cm³/mol. The first kappa shape index (κ1) is 5.28. The van der Waals surface area contributed by atoms with Crippen LogP contribution in [0.2, 0.25) is 0 Å². The van der Waals surface area contributed by atoms with Gasteiger partial charge >= 0.3 is 0 Å². The van der Waals surface area contributed by atoms with E-state index in [0.29, 0.717) is 0 Å². The van der Waals surface area contributed by atoms with E-state index < -0.39 is 0 Å². The summed E-state index contributed by atoms with van der Waals surface area (Å²) in [5, 5.41) is 0. The lowest BCUT2D eigenvalue weighted by atomic mass is 9.92. The summed E-state index contributed by atoms with van der Waals surface area (Å²) >= 11 is 0. The van der Waals surface area contributed by atoms with Gasteiger partial charge in [0.1, 0.15) is 0 Å². The van der Waals surface area contributed by atoms with Crippen molar-refractivity contribution in [3.8, 4) is 0 Å². The van der Waals surface area contributed by atoms with Crippen molar-refractivity contribution < 1.29 is 0 Å². The van der Waals surface area contributed by atoms with Crippen molar-refractivity contribution in [3.05, 3.63) is 55.4 Å². The Morgan fingerprint density at radius 1 is 0.889 bits per heavy atom. The highest BCUT2D eigenvalue weighted by molar-refractivity contribution is 5.57. The maximum absolute atomic E-state index is 2.94. The Hall–Kier alpha value is -0.520. The van der Waals surface area contributed by atoms with Crippen molar-refractivity contribution in [1.82, 2.24) is 0 Å². The molecule has 1 saturated carbocycles. The summed E-state index contributed by atoms with van der Waals surface area (Å²) in [5.41, 5.74) is 0. The molecule has 0 spiro atoms. The van der Waals surface area contributed by atoms with Crippen molar-refractivity contribution in [3.63, 3.8) is 0 Å². The fourth-order valence-electron chi connectivity index (χ4n) is 0.867. The summed E-state index contributed by atoms with van der Waals surface area (Å²) in [6.07, 6.45) is 16.6. The SMILES string of the molecule is [C]1[C][C]2C=CC=C[C]2[C]1. The fraction of sp³-hybridized carbons (Fsp3) is 0. The third-order valence-corrected chi connectivity index (χ3v) is 1.32. The number of hydrogen-bond acceptors (Lipinski definition) is 0. The number of rotatable bonds is 0. The molecule has 2 aliphatic carbocycles. The molecule has 9 heavy (non-hydrogen) atoms. The number of hydrogen-bond donors (Lipinski definition) is 0. The topological polar surface area (TPSA) is 0 Å². The Morgan fingerprint density at radius 2 is 1.44 bits per heavy atom. The van der Waals surface area contributed by atoms with E-state index in [1.807, 2.05) is 24.3 Å². The molecule has 0 saturated heterocycles. The van der Waals surface area contributed by atoms with Crippen molar-refractivity contribution in [2.45, 2.75) is 0 Å². The van der Waals surface area contributed by atoms with Gasteiger partial charge in [0.2, 0.25) is 0 Å². The van der Waals surface area contributed by atoms with Gasteiger partial charge in [-0.05, 0) is 0 Å². The molecule has 0 aromatic carbocycles. The van der Waals surface area contributed by atoms with E-state index in [1.54, 1.807) is 0 Å². The molecule has 0 aliphatic heterocycles. The zero-order chi connectivity index (χ0) is 6.10. The molecule has 0 bridgehead atoms. The summed E-state index contributed by atoms with van der Waals surface area (Å²) in [7, 11) is 0. The lowest BCUT2D eigenvalue weighted by molar-refractivity contribution is 1.22. The van der Waals surface area contributed by atoms with Gasteiger partial charge in [-0.15, -0.1) is 0 Å². The van der Waals surface area contributed by atoms with Gasteiger partial charge in [-0.3, -0.25) is 0 Å². The highest BCUT2D eigenvalue weighted by atomic mass is 14.3. The van der Waals surface area contributed by atoms with E-state index in [9.17, 15) is 0 Å². The van der Waals surface area contributed by atoms with Crippen molar-refractivity contribution in [2.24, 2.45) is 0 Å². The van der Waals surface area contributed by atoms with Gasteiger partial charge in [0.25, 0.3) is 0 Å². The molecule has 0 atom stereocenters. The van der Waals surface area contributed by atoms with Crippen LogP contribution in [-0.4, -0.2) is 0 Å². The smallest absolute Gasteiger partial charge is 0.0171 e. The molecule has 0 heterocycles. The van der Waals surface area contributed by atoms with E-state index in [1.165, 1.54) is 0 Å². The molecule has 2 aliphatic rings. The zero-order valence-electron chi connectivity index (χ0n) is 4.81. The quantitative estimate of drug-likeness (QED) is 0.445. The zero-order valence-corrected chi connectivity index (χ0v) is 4.81. The van der Waals surface area contributed by atoms with Crippen molar-refractivity contribution in [2.75, 3.05) is 0 Å². The van der Waals surface area contributed by atoms with Crippen LogP contribution in [0.3, 0.4) is 0 Å². The highest BCUT2D eigenvalue weighted by Gasteiger charge is 2.26. The summed E-state index contributed by atoms with van der Waals surface area (Å²) in [6, 6.07) is 0. The Morgan fingerprint density at radius 3 is 2.00 bits per heavy atom. The van der Waals surface area contributed by atoms with Gasteiger partial charge in [-0.1, -0.05) is 24.3 Å². The molecule has 2 rings (SSSR count). The van der Waals surface area contributed by atoms with Gasteiger partial charge in [0.05, 0.1) is 0 Å². The summed E-state index contributed by atoms with van der Waals surface area (Å²) in [6.45, 7) is 0. The van der Waals surface area contributed by atoms with Crippen LogP contribution in [-0.2, 0) is 0 Å². The molecular formula is C9H4. The normalized spacial score (nSPS) is 27.1. The van der Waals surface area contributed by atoms with Crippen LogP contribution in [0.1, 0.15) is 0 Å². The second kappa shape index (κ2) is 2.02. The molecule has 0 aromatic heterocycles. The Balaban J connectivity index is 2.18. The molecular weight excluding hydrogens is 108 g/mol. The monoisotopic (exact) mass is 112 g/mol. The van der Waals surface area contributed by atoms with Crippen LogP contribution in [0.15, 0.2) is 24.3 Å². The maximum Gasteiger partial charge on any atom is 0.0171 e. The molecule has 0 amide bonds. The second-order valence-corrected chi connectivity index (χ2v) is 1.92. The molecule has 1 fully saturated rings. The van der Waals surface area contributed by atoms with Gasteiger partial charge in [0.15, 0.2) is 0 Å². The van der Waals surface area contributed by atoms with E-state index in [0.717, 1.165) is 11.8 Å². The van der Waals surface area contributed by atoms with Crippen LogP contribution in [0, 0.1) is 31.1 Å². The standard InChI is InChI=1S/C9H4/c1-2-5-9-7-3-6-8(9)4-1/h1-2,4-5H. The summed E-state index contributed by atoms with van der Waals surface area (Å²) < 4.78 is 0. The predicted octanol–water partition coefficient (Wildman–Crippen LogP) is 1.52. The van der Waals surface area contributed by atoms with Gasteiger partial charge in [0, 0.05) is 31.1 Å². The molecule has 40 valence electrons. The minimum atomic E-state index is 1.09.